The zero-order valence-corrected chi connectivity index (χ0v) is 11.2. The molecule has 0 saturated carbocycles. The lowest BCUT2D eigenvalue weighted by Crippen LogP contribution is -2.46. The average Bonchev–Trinajstić information content (AvgIpc) is 2.81. The van der Waals surface area contributed by atoms with Gasteiger partial charge in [0.15, 0.2) is 0 Å². The van der Waals surface area contributed by atoms with Gasteiger partial charge in [-0.25, -0.2) is 4.79 Å². The molecule has 2 aliphatic heterocycles. The molecule has 0 aromatic heterocycles. The van der Waals surface area contributed by atoms with Gasteiger partial charge in [0.1, 0.15) is 5.60 Å². The first kappa shape index (κ1) is 12.5. The van der Waals surface area contributed by atoms with E-state index in [4.69, 9.17) is 9.47 Å². The minimum atomic E-state index is -0.270. The van der Waals surface area contributed by atoms with Crippen LogP contribution in [0.2, 0.25) is 0 Å². The van der Waals surface area contributed by atoms with E-state index in [9.17, 15) is 4.79 Å². The summed E-state index contributed by atoms with van der Waals surface area (Å²) in [7, 11) is 1.74. The summed E-state index contributed by atoms with van der Waals surface area (Å²) >= 11 is 0. The van der Waals surface area contributed by atoms with Crippen molar-refractivity contribution in [3.05, 3.63) is 23.9 Å². The first-order valence-electron chi connectivity index (χ1n) is 6.84. The van der Waals surface area contributed by atoms with Crippen molar-refractivity contribution >= 4 is 6.09 Å². The molecule has 2 saturated heterocycles. The van der Waals surface area contributed by atoms with Crippen LogP contribution in [0.4, 0.5) is 4.79 Å². The molecule has 104 valence electrons. The van der Waals surface area contributed by atoms with E-state index in [1.807, 2.05) is 0 Å². The third-order valence-corrected chi connectivity index (χ3v) is 4.25. The minimum Gasteiger partial charge on any atom is -0.441 e. The Morgan fingerprint density at radius 2 is 2.26 bits per heavy atom. The maximum Gasteiger partial charge on any atom is 0.407 e. The highest BCUT2D eigenvalue weighted by Gasteiger charge is 2.42. The average molecular weight is 264 g/mol. The van der Waals surface area contributed by atoms with Crippen LogP contribution in [0.3, 0.4) is 0 Å². The summed E-state index contributed by atoms with van der Waals surface area (Å²) in [5, 5.41) is 2.76. The summed E-state index contributed by atoms with van der Waals surface area (Å²) in [6.07, 6.45) is 9.12. The Morgan fingerprint density at radius 1 is 1.47 bits per heavy atom. The Kier molecular flexibility index (Phi) is 3.22. The number of likely N-dealkylation sites (tertiary alicyclic amines) is 1. The fraction of sp³-hybridized carbons (Fsp3) is 0.643. The van der Waals surface area contributed by atoms with Gasteiger partial charge in [-0.05, 0) is 12.5 Å². The molecular weight excluding hydrogens is 244 g/mol. The van der Waals surface area contributed by atoms with Crippen LogP contribution in [-0.4, -0.2) is 49.4 Å². The number of methoxy groups -OCH3 is 1. The first-order valence-corrected chi connectivity index (χ1v) is 6.84. The number of carbonyl (C=O) groups excluding carboxylic acids is 1. The van der Waals surface area contributed by atoms with Gasteiger partial charge >= 0.3 is 6.09 Å². The van der Waals surface area contributed by atoms with Gasteiger partial charge in [-0.1, -0.05) is 12.2 Å². The molecule has 1 atom stereocenters. The third-order valence-electron chi connectivity index (χ3n) is 4.25. The largest absolute Gasteiger partial charge is 0.441 e. The molecule has 1 amide bonds. The highest BCUT2D eigenvalue weighted by molar-refractivity contribution is 5.70. The fourth-order valence-corrected chi connectivity index (χ4v) is 2.95. The van der Waals surface area contributed by atoms with Crippen LogP contribution in [0.15, 0.2) is 23.9 Å². The van der Waals surface area contributed by atoms with Crippen molar-refractivity contribution in [1.29, 1.82) is 0 Å². The molecule has 0 bridgehead atoms. The van der Waals surface area contributed by atoms with Crippen LogP contribution in [0.5, 0.6) is 0 Å². The lowest BCUT2D eigenvalue weighted by atomic mass is 9.91. The number of hydrogen-bond donors (Lipinski definition) is 1. The molecule has 0 aromatic carbocycles. The second-order valence-corrected chi connectivity index (χ2v) is 5.41. The molecule has 5 heteroatoms. The number of hydrogen-bond acceptors (Lipinski definition) is 4. The standard InChI is InChI=1S/C14H20N2O3/c1-18-12-4-2-11(3-5-12)16-8-6-14(7-9-16)10-15-13(17)19-14/h2-4,12H,5-10H2,1H3,(H,15,17). The second-order valence-electron chi connectivity index (χ2n) is 5.41. The summed E-state index contributed by atoms with van der Waals surface area (Å²) in [5.74, 6) is 0. The zero-order chi connectivity index (χ0) is 13.3. The van der Waals surface area contributed by atoms with E-state index in [2.05, 4.69) is 28.4 Å². The van der Waals surface area contributed by atoms with Crippen LogP contribution in [0.25, 0.3) is 0 Å². The molecular formula is C14H20N2O3. The highest BCUT2D eigenvalue weighted by atomic mass is 16.6. The van der Waals surface area contributed by atoms with Gasteiger partial charge in [0.25, 0.3) is 0 Å². The smallest absolute Gasteiger partial charge is 0.407 e. The SMILES string of the molecule is COC1C=CC(N2CCC3(CC2)CNC(=O)O3)=CC1. The number of alkyl carbamates (subject to hydrolysis) is 1. The van der Waals surface area contributed by atoms with Crippen molar-refractivity contribution in [3.8, 4) is 0 Å². The Balaban J connectivity index is 1.58. The number of carbonyl (C=O) groups is 1. The number of rotatable bonds is 2. The van der Waals surface area contributed by atoms with Gasteiger partial charge in [0.05, 0.1) is 12.6 Å². The van der Waals surface area contributed by atoms with Crippen molar-refractivity contribution in [2.24, 2.45) is 0 Å². The highest BCUT2D eigenvalue weighted by Crippen LogP contribution is 2.31. The van der Waals surface area contributed by atoms with Crippen molar-refractivity contribution in [1.82, 2.24) is 10.2 Å². The van der Waals surface area contributed by atoms with Gasteiger partial charge < -0.3 is 19.7 Å². The summed E-state index contributed by atoms with van der Waals surface area (Å²) in [6, 6.07) is 0. The normalized spacial score (nSPS) is 29.1. The minimum absolute atomic E-state index is 0.208. The first-order chi connectivity index (χ1) is 9.21. The van der Waals surface area contributed by atoms with E-state index in [1.165, 1.54) is 5.70 Å². The van der Waals surface area contributed by atoms with E-state index in [0.717, 1.165) is 32.4 Å². The van der Waals surface area contributed by atoms with E-state index < -0.39 is 0 Å². The molecule has 1 unspecified atom stereocenters. The number of allylic oxidation sites excluding steroid dienone is 1. The molecule has 1 spiro atoms. The van der Waals surface area contributed by atoms with Crippen molar-refractivity contribution in [2.75, 3.05) is 26.7 Å². The molecule has 2 heterocycles. The summed E-state index contributed by atoms with van der Waals surface area (Å²) in [6.45, 7) is 2.52. The summed E-state index contributed by atoms with van der Waals surface area (Å²) in [5.41, 5.74) is 1.00. The molecule has 0 aromatic rings. The molecule has 3 rings (SSSR count). The topological polar surface area (TPSA) is 50.8 Å². The van der Waals surface area contributed by atoms with Crippen LogP contribution in [0.1, 0.15) is 19.3 Å². The van der Waals surface area contributed by atoms with E-state index >= 15 is 0 Å². The Hall–Kier alpha value is -1.49. The third kappa shape index (κ3) is 2.47. The van der Waals surface area contributed by atoms with Crippen LogP contribution >= 0.6 is 0 Å². The molecule has 0 radical (unpaired) electrons. The lowest BCUT2D eigenvalue weighted by molar-refractivity contribution is 0.00890. The predicted octanol–water partition coefficient (Wildman–Crippen LogP) is 1.42. The Morgan fingerprint density at radius 3 is 2.79 bits per heavy atom. The second kappa shape index (κ2) is 4.89. The lowest BCUT2D eigenvalue weighted by Gasteiger charge is -2.39. The number of piperidine rings is 1. The summed E-state index contributed by atoms with van der Waals surface area (Å²) < 4.78 is 10.7. The Labute approximate surface area is 113 Å². The Bertz CT molecular complexity index is 422. The molecule has 19 heavy (non-hydrogen) atoms. The predicted molar refractivity (Wildman–Crippen MR) is 70.7 cm³/mol. The molecule has 5 nitrogen and oxygen atoms in total. The van der Waals surface area contributed by atoms with Gasteiger partial charge in [-0.3, -0.25) is 0 Å². The van der Waals surface area contributed by atoms with Crippen LogP contribution in [0, 0.1) is 0 Å². The number of nitrogens with one attached hydrogen (secondary N) is 1. The van der Waals surface area contributed by atoms with Crippen LogP contribution in [-0.2, 0) is 9.47 Å². The molecule has 1 N–H and O–H groups in total. The van der Waals surface area contributed by atoms with Gasteiger partial charge in [-0.15, -0.1) is 0 Å². The monoisotopic (exact) mass is 264 g/mol. The van der Waals surface area contributed by atoms with Crippen molar-refractivity contribution in [3.63, 3.8) is 0 Å². The van der Waals surface area contributed by atoms with Gasteiger partial charge in [-0.2, -0.15) is 0 Å². The fourth-order valence-electron chi connectivity index (χ4n) is 2.95. The molecule has 3 aliphatic rings. The van der Waals surface area contributed by atoms with Gasteiger partial charge in [0.2, 0.25) is 0 Å². The zero-order valence-electron chi connectivity index (χ0n) is 11.2. The number of amides is 1. The van der Waals surface area contributed by atoms with Crippen molar-refractivity contribution < 1.29 is 14.3 Å². The maximum absolute atomic E-state index is 11.2. The molecule has 1 aliphatic carbocycles. The van der Waals surface area contributed by atoms with E-state index in [-0.39, 0.29) is 17.8 Å². The van der Waals surface area contributed by atoms with Crippen molar-refractivity contribution in [2.45, 2.75) is 31.0 Å². The maximum atomic E-state index is 11.2. The summed E-state index contributed by atoms with van der Waals surface area (Å²) in [4.78, 5) is 13.5. The van der Waals surface area contributed by atoms with E-state index in [1.54, 1.807) is 7.11 Å². The number of ether oxygens (including phenoxy) is 2. The van der Waals surface area contributed by atoms with Gasteiger partial charge in [0, 0.05) is 38.7 Å². The quantitative estimate of drug-likeness (QED) is 0.819. The van der Waals surface area contributed by atoms with Crippen LogP contribution < -0.4 is 5.32 Å². The molecule has 2 fully saturated rings. The van der Waals surface area contributed by atoms with E-state index in [0.29, 0.717) is 6.54 Å². The number of nitrogens with zero attached hydrogens (tertiary/aromatic N) is 1.